The zero-order valence-electron chi connectivity index (χ0n) is 21.7. The van der Waals surface area contributed by atoms with Crippen molar-refractivity contribution < 1.29 is 29.0 Å². The summed E-state index contributed by atoms with van der Waals surface area (Å²) in [6, 6.07) is 0. The average Bonchev–Trinajstić information content (AvgIpc) is 3.40. The number of nitrogens with two attached hydrogens (primary N) is 1. The summed E-state index contributed by atoms with van der Waals surface area (Å²) < 4.78 is 12.1. The first-order valence-corrected chi connectivity index (χ1v) is 12.3. The number of carbonyl (C=O) groups excluding carboxylic acids is 2. The highest BCUT2D eigenvalue weighted by atomic mass is 16.6. The second-order valence-electron chi connectivity index (χ2n) is 9.93. The predicted molar refractivity (Wildman–Crippen MR) is 137 cm³/mol. The molecule has 0 bridgehead atoms. The van der Waals surface area contributed by atoms with Crippen molar-refractivity contribution in [2.24, 2.45) is 5.92 Å². The highest BCUT2D eigenvalue weighted by molar-refractivity contribution is 5.95. The highest BCUT2D eigenvalue weighted by Gasteiger charge is 2.28. The number of furan rings is 1. The van der Waals surface area contributed by atoms with Gasteiger partial charge >= 0.3 is 6.09 Å². The molecule has 1 saturated heterocycles. The Morgan fingerprint density at radius 3 is 2.61 bits per heavy atom. The normalized spacial score (nSPS) is 14.3. The molecule has 2 amide bonds. The van der Waals surface area contributed by atoms with Gasteiger partial charge in [0.2, 0.25) is 23.1 Å². The first-order valence-electron chi connectivity index (χ1n) is 12.3. The minimum Gasteiger partial charge on any atom is -0.501 e. The molecule has 1 fully saturated rings. The Morgan fingerprint density at radius 1 is 1.24 bits per heavy atom. The molecule has 0 aromatic carbocycles. The molecule has 1 aliphatic rings. The Kier molecular flexibility index (Phi) is 7.34. The van der Waals surface area contributed by atoms with Gasteiger partial charge in [0.25, 0.3) is 11.8 Å². The number of aromatic nitrogens is 4. The van der Waals surface area contributed by atoms with Gasteiger partial charge in [0, 0.05) is 26.1 Å². The Morgan fingerprint density at radius 2 is 1.95 bits per heavy atom. The van der Waals surface area contributed by atoms with E-state index in [1.165, 1.54) is 10.9 Å². The van der Waals surface area contributed by atoms with Gasteiger partial charge in [-0.05, 0) is 52.4 Å². The molecule has 0 saturated carbocycles. The van der Waals surface area contributed by atoms with Crippen molar-refractivity contribution >= 4 is 29.0 Å². The topological polar surface area (TPSA) is 182 Å². The van der Waals surface area contributed by atoms with E-state index in [4.69, 9.17) is 14.9 Å². The van der Waals surface area contributed by atoms with Crippen LogP contribution >= 0.6 is 0 Å². The monoisotopic (exact) mass is 525 g/mol. The average molecular weight is 526 g/mol. The fourth-order valence-corrected chi connectivity index (χ4v) is 4.01. The third kappa shape index (κ3) is 5.59. The number of ether oxygens (including phenoxy) is 1. The molecule has 4 heterocycles. The van der Waals surface area contributed by atoms with Crippen molar-refractivity contribution in [2.45, 2.75) is 52.6 Å². The molecule has 0 unspecified atom stereocenters. The Bertz CT molecular complexity index is 1420. The number of anilines is 1. The van der Waals surface area contributed by atoms with Gasteiger partial charge in [-0.3, -0.25) is 4.79 Å². The number of nitrogen functional groups attached to an aromatic ring is 1. The smallest absolute Gasteiger partial charge is 0.410 e. The van der Waals surface area contributed by atoms with Crippen LogP contribution in [0.25, 0.3) is 17.0 Å². The van der Waals surface area contributed by atoms with E-state index in [1.807, 2.05) is 20.8 Å². The zero-order chi connectivity index (χ0) is 27.6. The summed E-state index contributed by atoms with van der Waals surface area (Å²) in [5, 5.41) is 23.1. The van der Waals surface area contributed by atoms with E-state index in [9.17, 15) is 19.8 Å². The molecule has 0 radical (unpaired) electrons. The van der Waals surface area contributed by atoms with Crippen LogP contribution in [0, 0.1) is 17.8 Å². The van der Waals surface area contributed by atoms with E-state index in [0.717, 1.165) is 12.8 Å². The molecule has 0 spiro atoms. The molecule has 5 N–H and O–H groups in total. The van der Waals surface area contributed by atoms with Crippen LogP contribution in [-0.4, -0.2) is 71.9 Å². The lowest BCUT2D eigenvalue weighted by Crippen LogP contribution is -2.41. The lowest BCUT2D eigenvalue weighted by Gasteiger charge is -2.32. The number of likely N-dealkylation sites (tertiary alicyclic amines) is 1. The summed E-state index contributed by atoms with van der Waals surface area (Å²) in [4.78, 5) is 38.9. The number of carbonyl (C=O) groups is 2. The van der Waals surface area contributed by atoms with E-state index in [1.54, 1.807) is 11.8 Å². The standard InChI is InChI=1S/C25H31N7O6/c1-5-27-22(35)19-17(33)18(34)23(37-19)32-13-28-16-20(26)29-15(30-21(16)32)8-6-7-14-9-11-31(12-10-14)24(36)38-25(2,3)4/h13-14,33-34H,5,7,9-12H2,1-4H3,(H,27,35)(H2,26,29,30). The van der Waals surface area contributed by atoms with Gasteiger partial charge in [0.05, 0.1) is 0 Å². The number of nitrogens with one attached hydrogen (secondary N) is 1. The number of amides is 2. The van der Waals surface area contributed by atoms with Gasteiger partial charge in [-0.25, -0.2) is 24.3 Å². The molecule has 38 heavy (non-hydrogen) atoms. The first-order chi connectivity index (χ1) is 18.0. The number of piperidine rings is 1. The maximum atomic E-state index is 12.3. The number of aromatic hydroxyl groups is 2. The van der Waals surface area contributed by atoms with Crippen LogP contribution in [0.5, 0.6) is 11.5 Å². The summed E-state index contributed by atoms with van der Waals surface area (Å²) in [7, 11) is 0. The van der Waals surface area contributed by atoms with Gasteiger partial charge in [-0.2, -0.15) is 0 Å². The van der Waals surface area contributed by atoms with Crippen LogP contribution in [0.3, 0.4) is 0 Å². The van der Waals surface area contributed by atoms with Gasteiger partial charge in [-0.1, -0.05) is 5.92 Å². The maximum absolute atomic E-state index is 12.3. The maximum Gasteiger partial charge on any atom is 0.410 e. The SMILES string of the molecule is CCNC(=O)c1oc(-n2cnc3c(N)nc(C#CCC4CCN(C(=O)OC(C)(C)C)CC4)nc32)c(O)c1O. The molecule has 3 aromatic heterocycles. The predicted octanol–water partition coefficient (Wildman–Crippen LogP) is 2.54. The summed E-state index contributed by atoms with van der Waals surface area (Å²) >= 11 is 0. The third-order valence-electron chi connectivity index (χ3n) is 5.88. The summed E-state index contributed by atoms with van der Waals surface area (Å²) in [5.74, 6) is 3.80. The zero-order valence-corrected chi connectivity index (χ0v) is 21.7. The fourth-order valence-electron chi connectivity index (χ4n) is 4.01. The summed E-state index contributed by atoms with van der Waals surface area (Å²) in [6.07, 6.45) is 3.18. The molecule has 3 aromatic rings. The van der Waals surface area contributed by atoms with Crippen LogP contribution in [-0.2, 0) is 4.74 Å². The van der Waals surface area contributed by atoms with E-state index in [-0.39, 0.29) is 34.8 Å². The van der Waals surface area contributed by atoms with Gasteiger partial charge in [0.1, 0.15) is 11.9 Å². The van der Waals surface area contributed by atoms with Crippen molar-refractivity contribution in [3.63, 3.8) is 0 Å². The van der Waals surface area contributed by atoms with Crippen LogP contribution in [0.1, 0.15) is 63.3 Å². The van der Waals surface area contributed by atoms with E-state index >= 15 is 0 Å². The Hall–Kier alpha value is -4.47. The highest BCUT2D eigenvalue weighted by Crippen LogP contribution is 2.39. The molecule has 0 aliphatic carbocycles. The van der Waals surface area contributed by atoms with Gasteiger partial charge in [-0.15, -0.1) is 0 Å². The Labute approximate surface area is 219 Å². The van der Waals surface area contributed by atoms with Crippen LogP contribution < -0.4 is 11.1 Å². The number of rotatable bonds is 4. The van der Waals surface area contributed by atoms with Gasteiger partial charge in [0.15, 0.2) is 17.0 Å². The van der Waals surface area contributed by atoms with Gasteiger partial charge < -0.3 is 35.3 Å². The lowest BCUT2D eigenvalue weighted by molar-refractivity contribution is 0.0185. The van der Waals surface area contributed by atoms with E-state index < -0.39 is 28.8 Å². The second-order valence-corrected chi connectivity index (χ2v) is 9.93. The quantitative estimate of drug-likeness (QED) is 0.369. The lowest BCUT2D eigenvalue weighted by atomic mass is 9.94. The molecular weight excluding hydrogens is 494 g/mol. The molecule has 4 rings (SSSR count). The number of hydrogen-bond donors (Lipinski definition) is 4. The molecule has 13 heteroatoms. The minimum absolute atomic E-state index is 0.0722. The fraction of sp³-hybridized carbons (Fsp3) is 0.480. The van der Waals surface area contributed by atoms with Crippen molar-refractivity contribution in [2.75, 3.05) is 25.4 Å². The molecule has 1 aliphatic heterocycles. The van der Waals surface area contributed by atoms with Crippen molar-refractivity contribution in [1.82, 2.24) is 29.7 Å². The van der Waals surface area contributed by atoms with Crippen LogP contribution in [0.15, 0.2) is 10.7 Å². The number of fused-ring (bicyclic) bond motifs is 1. The number of imidazole rings is 1. The second kappa shape index (κ2) is 10.5. The third-order valence-corrected chi connectivity index (χ3v) is 5.88. The van der Waals surface area contributed by atoms with Crippen molar-refractivity contribution in [3.8, 4) is 29.2 Å². The molecule has 13 nitrogen and oxygen atoms in total. The molecule has 0 atom stereocenters. The van der Waals surface area contributed by atoms with Crippen molar-refractivity contribution in [3.05, 3.63) is 17.9 Å². The van der Waals surface area contributed by atoms with E-state index in [0.29, 0.717) is 32.0 Å². The minimum atomic E-state index is -0.701. The van der Waals surface area contributed by atoms with E-state index in [2.05, 4.69) is 32.1 Å². The van der Waals surface area contributed by atoms with Crippen LogP contribution in [0.2, 0.25) is 0 Å². The first kappa shape index (κ1) is 26.6. The number of nitrogens with zero attached hydrogens (tertiary/aromatic N) is 5. The largest absolute Gasteiger partial charge is 0.501 e. The number of hydrogen-bond acceptors (Lipinski definition) is 10. The van der Waals surface area contributed by atoms with Crippen molar-refractivity contribution in [1.29, 1.82) is 0 Å². The molecular formula is C25H31N7O6. The summed E-state index contributed by atoms with van der Waals surface area (Å²) in [5.41, 5.74) is 5.95. The Balaban J connectivity index is 1.49. The summed E-state index contributed by atoms with van der Waals surface area (Å²) in [6.45, 7) is 8.75. The van der Waals surface area contributed by atoms with Crippen LogP contribution in [0.4, 0.5) is 10.6 Å². The molecule has 202 valence electrons.